The second kappa shape index (κ2) is 3.28. The van der Waals surface area contributed by atoms with E-state index in [0.29, 0.717) is 5.41 Å². The maximum Gasteiger partial charge on any atom is 0.0314 e. The summed E-state index contributed by atoms with van der Waals surface area (Å²) in [5.74, 6) is 0. The summed E-state index contributed by atoms with van der Waals surface area (Å²) < 4.78 is 0. The fraction of sp³-hybridized carbons (Fsp3) is 0.500. The minimum atomic E-state index is 0.522. The average molecular weight is 190 g/mol. The number of rotatable bonds is 2. The van der Waals surface area contributed by atoms with Crippen molar-refractivity contribution in [3.8, 4) is 0 Å². The van der Waals surface area contributed by atoms with E-state index in [2.05, 4.69) is 30.9 Å². The molecule has 2 heteroatoms. The van der Waals surface area contributed by atoms with Crippen LogP contribution in [0.5, 0.6) is 0 Å². The first-order valence-electron chi connectivity index (χ1n) is 5.12. The summed E-state index contributed by atoms with van der Waals surface area (Å²) in [5.41, 5.74) is 8.36. The van der Waals surface area contributed by atoms with Crippen LogP contribution in [-0.2, 0) is 6.54 Å². The van der Waals surface area contributed by atoms with Gasteiger partial charge in [-0.1, -0.05) is 26.0 Å². The van der Waals surface area contributed by atoms with Crippen molar-refractivity contribution >= 4 is 5.69 Å². The summed E-state index contributed by atoms with van der Waals surface area (Å²) in [6.45, 7) is 8.09. The molecule has 0 atom stereocenters. The van der Waals surface area contributed by atoms with Gasteiger partial charge in [-0.05, 0) is 23.1 Å². The monoisotopic (exact) mass is 190 g/mol. The summed E-state index contributed by atoms with van der Waals surface area (Å²) in [5, 5.41) is 0. The lowest BCUT2D eigenvalue weighted by atomic mass is 9.84. The Morgan fingerprint density at radius 2 is 1.79 bits per heavy atom. The molecule has 0 bridgehead atoms. The number of benzene rings is 1. The first kappa shape index (κ1) is 9.53. The quantitative estimate of drug-likeness (QED) is 0.724. The Kier molecular flexibility index (Phi) is 2.23. The Morgan fingerprint density at radius 3 is 2.29 bits per heavy atom. The SMILES string of the molecule is CC1(C)CN(Cc2ccc(N)cc2)C1. The van der Waals surface area contributed by atoms with Gasteiger partial charge in [-0.15, -0.1) is 0 Å². The number of hydrogen-bond acceptors (Lipinski definition) is 2. The van der Waals surface area contributed by atoms with Crippen molar-refractivity contribution in [2.45, 2.75) is 20.4 Å². The smallest absolute Gasteiger partial charge is 0.0314 e. The molecule has 0 unspecified atom stereocenters. The molecule has 1 fully saturated rings. The minimum absolute atomic E-state index is 0.522. The summed E-state index contributed by atoms with van der Waals surface area (Å²) >= 11 is 0. The molecule has 2 N–H and O–H groups in total. The maximum absolute atomic E-state index is 5.63. The third-order valence-corrected chi connectivity index (χ3v) is 2.69. The highest BCUT2D eigenvalue weighted by molar-refractivity contribution is 5.39. The summed E-state index contributed by atoms with van der Waals surface area (Å²) in [4.78, 5) is 2.46. The van der Waals surface area contributed by atoms with Gasteiger partial charge in [-0.25, -0.2) is 0 Å². The zero-order valence-electron chi connectivity index (χ0n) is 8.96. The number of hydrogen-bond donors (Lipinski definition) is 1. The fourth-order valence-corrected chi connectivity index (χ4v) is 2.16. The van der Waals surface area contributed by atoms with Crippen molar-refractivity contribution in [3.63, 3.8) is 0 Å². The van der Waals surface area contributed by atoms with Gasteiger partial charge in [0.1, 0.15) is 0 Å². The normalized spacial score (nSPS) is 20.4. The summed E-state index contributed by atoms with van der Waals surface area (Å²) in [6.07, 6.45) is 0. The molecular formula is C12H18N2. The van der Waals surface area contributed by atoms with Crippen LogP contribution in [0, 0.1) is 5.41 Å². The van der Waals surface area contributed by atoms with Gasteiger partial charge < -0.3 is 5.73 Å². The van der Waals surface area contributed by atoms with Gasteiger partial charge in [-0.3, -0.25) is 4.90 Å². The Labute approximate surface area is 85.7 Å². The molecule has 76 valence electrons. The van der Waals surface area contributed by atoms with Gasteiger partial charge in [0.25, 0.3) is 0 Å². The molecule has 14 heavy (non-hydrogen) atoms. The third-order valence-electron chi connectivity index (χ3n) is 2.69. The second-order valence-corrected chi connectivity index (χ2v) is 5.05. The van der Waals surface area contributed by atoms with Crippen LogP contribution in [0.25, 0.3) is 0 Å². The molecule has 0 radical (unpaired) electrons. The van der Waals surface area contributed by atoms with Crippen molar-refractivity contribution < 1.29 is 0 Å². The highest BCUT2D eigenvalue weighted by Crippen LogP contribution is 2.29. The summed E-state index contributed by atoms with van der Waals surface area (Å²) in [6, 6.07) is 8.17. The van der Waals surface area contributed by atoms with Gasteiger partial charge in [-0.2, -0.15) is 0 Å². The second-order valence-electron chi connectivity index (χ2n) is 5.05. The molecule has 1 saturated heterocycles. The molecule has 0 spiro atoms. The lowest BCUT2D eigenvalue weighted by Gasteiger charge is -2.46. The number of nitrogen functional groups attached to an aromatic ring is 1. The Morgan fingerprint density at radius 1 is 1.21 bits per heavy atom. The van der Waals surface area contributed by atoms with Crippen LogP contribution in [0.15, 0.2) is 24.3 Å². The molecule has 1 heterocycles. The third kappa shape index (κ3) is 2.07. The van der Waals surface area contributed by atoms with Crippen LogP contribution >= 0.6 is 0 Å². The van der Waals surface area contributed by atoms with Crippen molar-refractivity contribution in [1.29, 1.82) is 0 Å². The van der Waals surface area contributed by atoms with Crippen LogP contribution in [-0.4, -0.2) is 18.0 Å². The van der Waals surface area contributed by atoms with E-state index in [4.69, 9.17) is 5.73 Å². The molecule has 0 aromatic heterocycles. The molecule has 0 amide bonds. The predicted molar refractivity (Wildman–Crippen MR) is 59.9 cm³/mol. The Balaban J connectivity index is 1.90. The van der Waals surface area contributed by atoms with E-state index in [0.717, 1.165) is 12.2 Å². The first-order chi connectivity index (χ1) is 6.55. The Bertz CT molecular complexity index is 306. The number of nitrogens with zero attached hydrogens (tertiary/aromatic N) is 1. The zero-order chi connectivity index (χ0) is 10.2. The number of anilines is 1. The molecular weight excluding hydrogens is 172 g/mol. The standard InChI is InChI=1S/C12H18N2/c1-12(2)8-14(9-12)7-10-3-5-11(13)6-4-10/h3-6H,7-9,13H2,1-2H3. The molecule has 2 rings (SSSR count). The fourth-order valence-electron chi connectivity index (χ4n) is 2.16. The highest BCUT2D eigenvalue weighted by atomic mass is 15.2. The molecule has 0 aliphatic carbocycles. The number of likely N-dealkylation sites (tertiary alicyclic amines) is 1. The van der Waals surface area contributed by atoms with Crippen molar-refractivity contribution in [2.75, 3.05) is 18.8 Å². The van der Waals surface area contributed by atoms with E-state index < -0.39 is 0 Å². The van der Waals surface area contributed by atoms with Gasteiger partial charge in [0, 0.05) is 25.3 Å². The van der Waals surface area contributed by atoms with Gasteiger partial charge in [0.2, 0.25) is 0 Å². The largest absolute Gasteiger partial charge is 0.399 e. The van der Waals surface area contributed by atoms with Crippen LogP contribution in [0.1, 0.15) is 19.4 Å². The van der Waals surface area contributed by atoms with Crippen molar-refractivity contribution in [2.24, 2.45) is 5.41 Å². The van der Waals surface area contributed by atoms with Gasteiger partial charge in [0.05, 0.1) is 0 Å². The lowest BCUT2D eigenvalue weighted by molar-refractivity contribution is 0.0242. The zero-order valence-corrected chi connectivity index (χ0v) is 8.96. The van der Waals surface area contributed by atoms with Crippen LogP contribution < -0.4 is 5.73 Å². The van der Waals surface area contributed by atoms with Crippen LogP contribution in [0.3, 0.4) is 0 Å². The first-order valence-corrected chi connectivity index (χ1v) is 5.12. The predicted octanol–water partition coefficient (Wildman–Crippen LogP) is 2.11. The number of nitrogens with two attached hydrogens (primary N) is 1. The highest BCUT2D eigenvalue weighted by Gasteiger charge is 2.33. The average Bonchev–Trinajstić information content (AvgIpc) is 2.06. The minimum Gasteiger partial charge on any atom is -0.399 e. The summed E-state index contributed by atoms with van der Waals surface area (Å²) in [7, 11) is 0. The topological polar surface area (TPSA) is 29.3 Å². The molecule has 2 nitrogen and oxygen atoms in total. The van der Waals surface area contributed by atoms with Gasteiger partial charge in [0.15, 0.2) is 0 Å². The van der Waals surface area contributed by atoms with E-state index in [1.54, 1.807) is 0 Å². The van der Waals surface area contributed by atoms with Crippen molar-refractivity contribution in [1.82, 2.24) is 4.90 Å². The molecule has 1 aromatic rings. The van der Waals surface area contributed by atoms with Crippen LogP contribution in [0.4, 0.5) is 5.69 Å². The van der Waals surface area contributed by atoms with E-state index >= 15 is 0 Å². The van der Waals surface area contributed by atoms with E-state index in [1.807, 2.05) is 12.1 Å². The molecule has 1 aromatic carbocycles. The van der Waals surface area contributed by atoms with Crippen molar-refractivity contribution in [3.05, 3.63) is 29.8 Å². The van der Waals surface area contributed by atoms with E-state index in [9.17, 15) is 0 Å². The molecule has 0 saturated carbocycles. The van der Waals surface area contributed by atoms with Crippen LogP contribution in [0.2, 0.25) is 0 Å². The lowest BCUT2D eigenvalue weighted by Crippen LogP contribution is -2.52. The van der Waals surface area contributed by atoms with E-state index in [1.165, 1.54) is 18.7 Å². The maximum atomic E-state index is 5.63. The van der Waals surface area contributed by atoms with Gasteiger partial charge >= 0.3 is 0 Å². The molecule has 1 aliphatic rings. The Hall–Kier alpha value is -1.02. The molecule has 1 aliphatic heterocycles. The van der Waals surface area contributed by atoms with E-state index in [-0.39, 0.29) is 0 Å².